The first kappa shape index (κ1) is 27.2. The van der Waals surface area contributed by atoms with Gasteiger partial charge < -0.3 is 14.6 Å². The lowest BCUT2D eigenvalue weighted by Crippen LogP contribution is -2.27. The second kappa shape index (κ2) is 11.6. The van der Waals surface area contributed by atoms with Crippen molar-refractivity contribution in [1.29, 1.82) is 0 Å². The summed E-state index contributed by atoms with van der Waals surface area (Å²) in [7, 11) is -0.864. The summed E-state index contributed by atoms with van der Waals surface area (Å²) in [6.07, 6.45) is 1.62. The number of esters is 1. The molecule has 36 heavy (non-hydrogen) atoms. The molecule has 0 fully saturated rings. The van der Waals surface area contributed by atoms with E-state index in [1.165, 1.54) is 61.0 Å². The summed E-state index contributed by atoms with van der Waals surface area (Å²) in [6.45, 7) is 3.63. The summed E-state index contributed by atoms with van der Waals surface area (Å²) in [4.78, 5) is 40.9. The Morgan fingerprint density at radius 1 is 1.14 bits per heavy atom. The van der Waals surface area contributed by atoms with Crippen LogP contribution in [0.4, 0.5) is 5.69 Å². The lowest BCUT2D eigenvalue weighted by Gasteiger charge is -2.16. The van der Waals surface area contributed by atoms with E-state index >= 15 is 0 Å². The highest BCUT2D eigenvalue weighted by Crippen LogP contribution is 2.22. The SMILES string of the molecule is CCCCN(C)S(=O)(=O)c1ccc(C(=O)N=c2sc3cc(NC(C)=O)ccc3n2CC(=O)OC)cc1. The lowest BCUT2D eigenvalue weighted by molar-refractivity contribution is -0.141. The maximum Gasteiger partial charge on any atom is 0.325 e. The largest absolute Gasteiger partial charge is 0.468 e. The number of nitrogens with one attached hydrogen (secondary N) is 1. The van der Waals surface area contributed by atoms with Gasteiger partial charge in [0.05, 0.1) is 22.2 Å². The highest BCUT2D eigenvalue weighted by atomic mass is 32.2. The number of amides is 2. The Bertz CT molecular complexity index is 1460. The number of hydrogen-bond acceptors (Lipinski definition) is 7. The predicted molar refractivity (Wildman–Crippen MR) is 137 cm³/mol. The molecule has 12 heteroatoms. The number of carbonyl (C=O) groups excluding carboxylic acids is 3. The first-order chi connectivity index (χ1) is 17.1. The minimum absolute atomic E-state index is 0.0887. The first-order valence-electron chi connectivity index (χ1n) is 11.2. The van der Waals surface area contributed by atoms with Crippen molar-refractivity contribution in [3.8, 4) is 0 Å². The second-order valence-corrected chi connectivity index (χ2v) is 11.1. The smallest absolute Gasteiger partial charge is 0.325 e. The number of anilines is 1. The maximum absolute atomic E-state index is 12.9. The van der Waals surface area contributed by atoms with Crippen molar-refractivity contribution in [3.05, 3.63) is 52.8 Å². The van der Waals surface area contributed by atoms with Crippen molar-refractivity contribution in [2.75, 3.05) is 26.0 Å². The van der Waals surface area contributed by atoms with E-state index < -0.39 is 21.9 Å². The fraction of sp³-hybridized carbons (Fsp3) is 0.333. The molecule has 0 aliphatic heterocycles. The van der Waals surface area contributed by atoms with E-state index in [1.807, 2.05) is 6.92 Å². The molecule has 0 atom stereocenters. The van der Waals surface area contributed by atoms with Crippen molar-refractivity contribution >= 4 is 55.0 Å². The quantitative estimate of drug-likeness (QED) is 0.422. The van der Waals surface area contributed by atoms with Crippen LogP contribution in [-0.2, 0) is 30.9 Å². The van der Waals surface area contributed by atoms with Gasteiger partial charge in [0.1, 0.15) is 6.54 Å². The zero-order chi connectivity index (χ0) is 26.5. The summed E-state index contributed by atoms with van der Waals surface area (Å²) in [6, 6.07) is 10.7. The molecule has 1 heterocycles. The third-order valence-corrected chi connectivity index (χ3v) is 8.26. The third kappa shape index (κ3) is 6.25. The number of sulfonamides is 1. The minimum Gasteiger partial charge on any atom is -0.468 e. The number of rotatable bonds is 9. The number of carbonyl (C=O) groups is 3. The molecule has 0 saturated heterocycles. The van der Waals surface area contributed by atoms with Gasteiger partial charge in [0.15, 0.2) is 4.80 Å². The van der Waals surface area contributed by atoms with Crippen molar-refractivity contribution in [1.82, 2.24) is 8.87 Å². The molecular weight excluding hydrogens is 504 g/mol. The summed E-state index contributed by atoms with van der Waals surface area (Å²) in [5.74, 6) is -1.34. The topological polar surface area (TPSA) is 127 Å². The van der Waals surface area contributed by atoms with Crippen LogP contribution in [0, 0.1) is 0 Å². The van der Waals surface area contributed by atoms with Crippen LogP contribution in [0.3, 0.4) is 0 Å². The predicted octanol–water partition coefficient (Wildman–Crippen LogP) is 3.00. The van der Waals surface area contributed by atoms with E-state index in [4.69, 9.17) is 4.74 Å². The number of unbranched alkanes of at least 4 members (excludes halogenated alkanes) is 1. The molecule has 192 valence electrons. The van der Waals surface area contributed by atoms with Crippen molar-refractivity contribution < 1.29 is 27.5 Å². The first-order valence-corrected chi connectivity index (χ1v) is 13.5. The van der Waals surface area contributed by atoms with Crippen molar-refractivity contribution in [2.24, 2.45) is 4.99 Å². The molecule has 10 nitrogen and oxygen atoms in total. The average Bonchev–Trinajstić information content (AvgIpc) is 3.17. The zero-order valence-electron chi connectivity index (χ0n) is 20.5. The van der Waals surface area contributed by atoms with E-state index in [0.717, 1.165) is 12.8 Å². The van der Waals surface area contributed by atoms with Gasteiger partial charge in [0.25, 0.3) is 5.91 Å². The summed E-state index contributed by atoms with van der Waals surface area (Å²) >= 11 is 1.17. The highest BCUT2D eigenvalue weighted by Gasteiger charge is 2.21. The van der Waals surface area contributed by atoms with E-state index in [0.29, 0.717) is 22.4 Å². The maximum atomic E-state index is 12.9. The Balaban J connectivity index is 1.98. The molecule has 0 radical (unpaired) electrons. The van der Waals surface area contributed by atoms with Crippen LogP contribution >= 0.6 is 11.3 Å². The van der Waals surface area contributed by atoms with Crippen LogP contribution in [0.15, 0.2) is 52.4 Å². The molecule has 1 aromatic heterocycles. The number of ether oxygens (including phenoxy) is 1. The molecule has 0 spiro atoms. The number of aromatic nitrogens is 1. The van der Waals surface area contributed by atoms with Crippen LogP contribution in [0.2, 0.25) is 0 Å². The molecule has 0 aliphatic carbocycles. The van der Waals surface area contributed by atoms with Gasteiger partial charge in [-0.2, -0.15) is 4.99 Å². The second-order valence-electron chi connectivity index (χ2n) is 8.03. The van der Waals surface area contributed by atoms with Gasteiger partial charge in [-0.1, -0.05) is 24.7 Å². The molecule has 2 aromatic carbocycles. The minimum atomic E-state index is -3.66. The molecule has 3 rings (SSSR count). The van der Waals surface area contributed by atoms with Gasteiger partial charge in [-0.15, -0.1) is 0 Å². The van der Waals surface area contributed by atoms with Gasteiger partial charge in [0, 0.05) is 31.8 Å². The Labute approximate surface area is 213 Å². The monoisotopic (exact) mass is 532 g/mol. The van der Waals surface area contributed by atoms with E-state index in [-0.39, 0.29) is 27.7 Å². The molecule has 0 bridgehead atoms. The fourth-order valence-electron chi connectivity index (χ4n) is 3.39. The van der Waals surface area contributed by atoms with E-state index in [9.17, 15) is 22.8 Å². The number of benzene rings is 2. The number of methoxy groups -OCH3 is 1. The van der Waals surface area contributed by atoms with Gasteiger partial charge in [-0.05, 0) is 48.9 Å². The van der Waals surface area contributed by atoms with Crippen LogP contribution in [0.25, 0.3) is 10.2 Å². The van der Waals surface area contributed by atoms with Crippen LogP contribution in [0.5, 0.6) is 0 Å². The fourth-order valence-corrected chi connectivity index (χ4v) is 5.66. The molecule has 0 unspecified atom stereocenters. The zero-order valence-corrected chi connectivity index (χ0v) is 22.1. The summed E-state index contributed by atoms with van der Waals surface area (Å²) in [5.41, 5.74) is 1.41. The van der Waals surface area contributed by atoms with Crippen LogP contribution in [-0.4, -0.2) is 55.8 Å². The van der Waals surface area contributed by atoms with Gasteiger partial charge in [-0.3, -0.25) is 14.4 Å². The van der Waals surface area contributed by atoms with Crippen molar-refractivity contribution in [3.63, 3.8) is 0 Å². The van der Waals surface area contributed by atoms with E-state index in [1.54, 1.807) is 22.8 Å². The normalized spacial score (nSPS) is 12.2. The molecule has 3 aromatic rings. The lowest BCUT2D eigenvalue weighted by atomic mass is 10.2. The number of fused-ring (bicyclic) bond motifs is 1. The molecular formula is C24H28N4O6S2. The van der Waals surface area contributed by atoms with Crippen LogP contribution < -0.4 is 10.1 Å². The average molecular weight is 533 g/mol. The molecule has 0 aliphatic rings. The number of thiazole rings is 1. The van der Waals surface area contributed by atoms with Crippen molar-refractivity contribution in [2.45, 2.75) is 38.1 Å². The van der Waals surface area contributed by atoms with Gasteiger partial charge >= 0.3 is 5.97 Å². The molecule has 2 amide bonds. The van der Waals surface area contributed by atoms with E-state index in [2.05, 4.69) is 10.3 Å². The highest BCUT2D eigenvalue weighted by molar-refractivity contribution is 7.89. The Kier molecular flexibility index (Phi) is 8.77. The van der Waals surface area contributed by atoms with Crippen LogP contribution in [0.1, 0.15) is 37.0 Å². The Morgan fingerprint density at radius 3 is 2.44 bits per heavy atom. The third-order valence-electron chi connectivity index (χ3n) is 5.35. The Hall–Kier alpha value is -3.35. The van der Waals surface area contributed by atoms with Gasteiger partial charge in [-0.25, -0.2) is 12.7 Å². The summed E-state index contributed by atoms with van der Waals surface area (Å²) < 4.78 is 33.8. The number of nitrogens with zero attached hydrogens (tertiary/aromatic N) is 3. The standard InChI is InChI=1S/C24H28N4O6S2/c1-5-6-13-27(3)36(32,33)19-10-7-17(8-11-19)23(31)26-24-28(15-22(30)34-4)20-12-9-18(25-16(2)29)14-21(20)35-24/h7-12,14H,5-6,13,15H2,1-4H3,(H,25,29). The molecule has 0 saturated carbocycles. The Morgan fingerprint density at radius 2 is 1.83 bits per heavy atom. The molecule has 1 N–H and O–H groups in total. The summed E-state index contributed by atoms with van der Waals surface area (Å²) in [5, 5.41) is 2.70. The van der Waals surface area contributed by atoms with Gasteiger partial charge in [0.2, 0.25) is 15.9 Å². The number of hydrogen-bond donors (Lipinski definition) is 1.